The lowest BCUT2D eigenvalue weighted by molar-refractivity contribution is 0.386. The van der Waals surface area contributed by atoms with E-state index in [4.69, 9.17) is 0 Å². The molecule has 0 atom stereocenters. The highest BCUT2D eigenvalue weighted by Crippen LogP contribution is 2.21. The molecule has 0 fully saturated rings. The lowest BCUT2D eigenvalue weighted by Gasteiger charge is -2.16. The summed E-state index contributed by atoms with van der Waals surface area (Å²) >= 11 is 0. The first-order valence-electron chi connectivity index (χ1n) is 4.28. The van der Waals surface area contributed by atoms with Gasteiger partial charge in [0.1, 0.15) is 0 Å². The van der Waals surface area contributed by atoms with Crippen LogP contribution in [0.1, 0.15) is 33.6 Å². The molecular weight excluding hydrogens is 134 g/mol. The molecule has 11 heavy (non-hydrogen) atoms. The first-order chi connectivity index (χ1) is 5.08. The van der Waals surface area contributed by atoms with Gasteiger partial charge in [-0.1, -0.05) is 26.8 Å². The molecule has 62 valence electrons. The second-order valence-corrected chi connectivity index (χ2v) is 4.30. The summed E-state index contributed by atoms with van der Waals surface area (Å²) in [6.07, 6.45) is 6.64. The Morgan fingerprint density at radius 1 is 1.45 bits per heavy atom. The summed E-state index contributed by atoms with van der Waals surface area (Å²) < 4.78 is 0. The average Bonchev–Trinajstić information content (AvgIpc) is 2.32. The van der Waals surface area contributed by atoms with Crippen molar-refractivity contribution < 1.29 is 0 Å². The van der Waals surface area contributed by atoms with E-state index in [-0.39, 0.29) is 0 Å². The van der Waals surface area contributed by atoms with Crippen molar-refractivity contribution in [2.75, 3.05) is 6.54 Å². The molecule has 0 unspecified atom stereocenters. The third kappa shape index (κ3) is 3.35. The van der Waals surface area contributed by atoms with Crippen LogP contribution in [-0.4, -0.2) is 12.3 Å². The van der Waals surface area contributed by atoms with Gasteiger partial charge in [0.2, 0.25) is 0 Å². The van der Waals surface area contributed by atoms with E-state index in [1.165, 1.54) is 12.1 Å². The molecule has 0 aromatic heterocycles. The molecule has 1 aliphatic heterocycles. The van der Waals surface area contributed by atoms with E-state index < -0.39 is 0 Å². The number of nitrogens with zero attached hydrogens (tertiary/aromatic N) is 1. The molecule has 0 spiro atoms. The highest BCUT2D eigenvalue weighted by atomic mass is 14.7. The van der Waals surface area contributed by atoms with Crippen LogP contribution >= 0.6 is 0 Å². The Morgan fingerprint density at radius 3 is 2.64 bits per heavy atom. The van der Waals surface area contributed by atoms with Gasteiger partial charge in [0.15, 0.2) is 0 Å². The fourth-order valence-corrected chi connectivity index (χ4v) is 1.08. The summed E-state index contributed by atoms with van der Waals surface area (Å²) in [4.78, 5) is 4.34. The number of hydrogen-bond donors (Lipinski definition) is 0. The molecule has 1 rings (SSSR count). The van der Waals surface area contributed by atoms with Gasteiger partial charge in [-0.05, 0) is 24.3 Å². The Kier molecular flexibility index (Phi) is 2.48. The van der Waals surface area contributed by atoms with Crippen molar-refractivity contribution in [1.82, 2.24) is 0 Å². The van der Waals surface area contributed by atoms with E-state index in [2.05, 4.69) is 37.9 Å². The Morgan fingerprint density at radius 2 is 2.18 bits per heavy atom. The van der Waals surface area contributed by atoms with Crippen LogP contribution in [-0.2, 0) is 0 Å². The minimum atomic E-state index is 0.443. The highest BCUT2D eigenvalue weighted by molar-refractivity contribution is 5.96. The van der Waals surface area contributed by atoms with Crippen molar-refractivity contribution in [2.24, 2.45) is 10.4 Å². The maximum absolute atomic E-state index is 4.34. The Labute approximate surface area is 69.2 Å². The molecule has 0 saturated heterocycles. The zero-order valence-electron chi connectivity index (χ0n) is 7.72. The van der Waals surface area contributed by atoms with E-state index in [0.29, 0.717) is 5.41 Å². The Bertz CT molecular complexity index is 182. The van der Waals surface area contributed by atoms with Crippen molar-refractivity contribution in [2.45, 2.75) is 33.6 Å². The molecule has 0 N–H and O–H groups in total. The van der Waals surface area contributed by atoms with Gasteiger partial charge in [-0.15, -0.1) is 0 Å². The summed E-state index contributed by atoms with van der Waals surface area (Å²) in [5.41, 5.74) is 1.72. The van der Waals surface area contributed by atoms with Crippen LogP contribution in [0.15, 0.2) is 17.1 Å². The van der Waals surface area contributed by atoms with Crippen LogP contribution < -0.4 is 0 Å². The fourth-order valence-electron chi connectivity index (χ4n) is 1.08. The summed E-state index contributed by atoms with van der Waals surface area (Å²) in [7, 11) is 0. The number of rotatable bonds is 2. The fraction of sp³-hybridized carbons (Fsp3) is 0.700. The number of hydrogen-bond acceptors (Lipinski definition) is 1. The lowest BCUT2D eigenvalue weighted by atomic mass is 9.89. The molecule has 0 aromatic carbocycles. The largest absolute Gasteiger partial charge is 0.286 e. The normalized spacial score (nSPS) is 17.2. The van der Waals surface area contributed by atoms with Crippen LogP contribution in [0.5, 0.6) is 0 Å². The van der Waals surface area contributed by atoms with Gasteiger partial charge in [0, 0.05) is 5.71 Å². The molecule has 1 heteroatoms. The minimum absolute atomic E-state index is 0.443. The predicted octanol–water partition coefficient (Wildman–Crippen LogP) is 2.82. The van der Waals surface area contributed by atoms with E-state index in [9.17, 15) is 0 Å². The zero-order valence-corrected chi connectivity index (χ0v) is 7.72. The van der Waals surface area contributed by atoms with Crippen molar-refractivity contribution in [3.05, 3.63) is 12.2 Å². The van der Waals surface area contributed by atoms with Gasteiger partial charge < -0.3 is 0 Å². The quantitative estimate of drug-likeness (QED) is 0.575. The maximum atomic E-state index is 4.34. The molecular formula is C10H17N. The van der Waals surface area contributed by atoms with Gasteiger partial charge in [0.25, 0.3) is 0 Å². The van der Waals surface area contributed by atoms with Crippen LogP contribution in [0, 0.1) is 5.41 Å². The molecule has 0 aromatic rings. The predicted molar refractivity (Wildman–Crippen MR) is 50.1 cm³/mol. The molecule has 1 nitrogen and oxygen atoms in total. The second kappa shape index (κ2) is 3.21. The van der Waals surface area contributed by atoms with Crippen molar-refractivity contribution >= 4 is 5.71 Å². The summed E-state index contributed by atoms with van der Waals surface area (Å²) in [6, 6.07) is 0. The summed E-state index contributed by atoms with van der Waals surface area (Å²) in [5, 5.41) is 0. The van der Waals surface area contributed by atoms with Crippen LogP contribution in [0.4, 0.5) is 0 Å². The monoisotopic (exact) mass is 151 g/mol. The third-order valence-corrected chi connectivity index (χ3v) is 1.84. The highest BCUT2D eigenvalue weighted by Gasteiger charge is 2.11. The molecule has 1 aliphatic rings. The van der Waals surface area contributed by atoms with Gasteiger partial charge in [-0.2, -0.15) is 0 Å². The molecule has 0 amide bonds. The van der Waals surface area contributed by atoms with E-state index in [1.807, 2.05) is 0 Å². The maximum Gasteiger partial charge on any atom is 0.0577 e. The standard InChI is InChI=1S/C10H17N/c1-10(2,3)7-6-9-5-4-8-11-9/h4-5H,6-8H2,1-3H3. The van der Waals surface area contributed by atoms with Crippen molar-refractivity contribution in [1.29, 1.82) is 0 Å². The average molecular weight is 151 g/mol. The van der Waals surface area contributed by atoms with Crippen LogP contribution in [0.25, 0.3) is 0 Å². The van der Waals surface area contributed by atoms with Gasteiger partial charge in [0.05, 0.1) is 6.54 Å². The zero-order chi connectivity index (χ0) is 8.32. The smallest absolute Gasteiger partial charge is 0.0577 e. The number of aliphatic imine (C=N–C) groups is 1. The molecule has 0 saturated carbocycles. The van der Waals surface area contributed by atoms with Gasteiger partial charge >= 0.3 is 0 Å². The minimum Gasteiger partial charge on any atom is -0.286 e. The molecule has 0 radical (unpaired) electrons. The molecule has 0 bridgehead atoms. The van der Waals surface area contributed by atoms with E-state index >= 15 is 0 Å². The topological polar surface area (TPSA) is 12.4 Å². The number of allylic oxidation sites excluding steroid dienone is 1. The van der Waals surface area contributed by atoms with Gasteiger partial charge in [-0.25, -0.2) is 0 Å². The first kappa shape index (κ1) is 8.51. The van der Waals surface area contributed by atoms with Crippen molar-refractivity contribution in [3.8, 4) is 0 Å². The first-order valence-corrected chi connectivity index (χ1v) is 4.28. The van der Waals surface area contributed by atoms with E-state index in [0.717, 1.165) is 13.0 Å². The molecule has 1 heterocycles. The summed E-state index contributed by atoms with van der Waals surface area (Å²) in [5.74, 6) is 0. The van der Waals surface area contributed by atoms with Crippen LogP contribution in [0.3, 0.4) is 0 Å². The Balaban J connectivity index is 2.28. The summed E-state index contributed by atoms with van der Waals surface area (Å²) in [6.45, 7) is 7.71. The lowest BCUT2D eigenvalue weighted by Crippen LogP contribution is -2.07. The van der Waals surface area contributed by atoms with E-state index in [1.54, 1.807) is 0 Å². The Hall–Kier alpha value is -0.590. The second-order valence-electron chi connectivity index (χ2n) is 4.30. The third-order valence-electron chi connectivity index (χ3n) is 1.84. The molecule has 0 aliphatic carbocycles. The van der Waals surface area contributed by atoms with Crippen LogP contribution in [0.2, 0.25) is 0 Å². The van der Waals surface area contributed by atoms with Crippen molar-refractivity contribution in [3.63, 3.8) is 0 Å². The van der Waals surface area contributed by atoms with Gasteiger partial charge in [-0.3, -0.25) is 4.99 Å². The SMILES string of the molecule is CC(C)(C)CCC1=NCC=C1.